The van der Waals surface area contributed by atoms with E-state index < -0.39 is 5.97 Å². The lowest BCUT2D eigenvalue weighted by molar-refractivity contribution is 0.0696. The number of carbonyl (C=O) groups excluding carboxylic acids is 1. The first-order valence-electron chi connectivity index (χ1n) is 8.13. The number of carboxylic acids is 1. The third kappa shape index (κ3) is 3.74. The lowest BCUT2D eigenvalue weighted by Crippen LogP contribution is -2.29. The predicted octanol–water partition coefficient (Wildman–Crippen LogP) is 3.63. The molecular weight excluding hydrogens is 304 g/mol. The van der Waals surface area contributed by atoms with E-state index in [0.717, 1.165) is 18.8 Å². The minimum Gasteiger partial charge on any atom is -0.478 e. The maximum atomic E-state index is 12.3. The van der Waals surface area contributed by atoms with Crippen LogP contribution in [-0.4, -0.2) is 30.1 Å². The maximum Gasteiger partial charge on any atom is 0.335 e. The van der Waals surface area contributed by atoms with Gasteiger partial charge in [0, 0.05) is 30.0 Å². The topological polar surface area (TPSA) is 69.6 Å². The van der Waals surface area contributed by atoms with Crippen molar-refractivity contribution in [2.75, 3.05) is 23.3 Å². The van der Waals surface area contributed by atoms with E-state index in [1.807, 2.05) is 24.3 Å². The van der Waals surface area contributed by atoms with E-state index in [1.54, 1.807) is 12.1 Å². The van der Waals surface area contributed by atoms with Gasteiger partial charge >= 0.3 is 5.97 Å². The van der Waals surface area contributed by atoms with Crippen LogP contribution in [0.5, 0.6) is 0 Å². The van der Waals surface area contributed by atoms with Gasteiger partial charge in [-0.25, -0.2) is 4.79 Å². The Morgan fingerprint density at radius 3 is 2.00 bits per heavy atom. The van der Waals surface area contributed by atoms with E-state index in [2.05, 4.69) is 10.2 Å². The van der Waals surface area contributed by atoms with E-state index in [0.29, 0.717) is 11.3 Å². The summed E-state index contributed by atoms with van der Waals surface area (Å²) in [5.74, 6) is -1.19. The summed E-state index contributed by atoms with van der Waals surface area (Å²) < 4.78 is 0. The molecule has 1 heterocycles. The molecule has 1 fully saturated rings. The molecule has 1 aliphatic rings. The van der Waals surface area contributed by atoms with E-state index in [1.165, 1.54) is 31.4 Å². The van der Waals surface area contributed by atoms with E-state index in [-0.39, 0.29) is 11.5 Å². The van der Waals surface area contributed by atoms with Crippen molar-refractivity contribution in [2.45, 2.75) is 19.3 Å². The second-order valence-electron chi connectivity index (χ2n) is 5.93. The lowest BCUT2D eigenvalue weighted by atomic mass is 10.1. The smallest absolute Gasteiger partial charge is 0.335 e. The molecule has 0 aliphatic carbocycles. The van der Waals surface area contributed by atoms with Crippen molar-refractivity contribution in [1.29, 1.82) is 0 Å². The molecule has 0 unspecified atom stereocenters. The molecule has 0 spiro atoms. The molecule has 124 valence electrons. The highest BCUT2D eigenvalue weighted by atomic mass is 16.4. The molecule has 2 N–H and O–H groups in total. The van der Waals surface area contributed by atoms with Gasteiger partial charge < -0.3 is 15.3 Å². The Bertz CT molecular complexity index is 717. The van der Waals surface area contributed by atoms with Crippen molar-refractivity contribution in [3.05, 3.63) is 59.7 Å². The number of carbonyl (C=O) groups is 2. The highest BCUT2D eigenvalue weighted by Crippen LogP contribution is 2.20. The zero-order chi connectivity index (χ0) is 16.9. The van der Waals surface area contributed by atoms with Gasteiger partial charge in [-0.3, -0.25) is 4.79 Å². The number of hydrogen-bond acceptors (Lipinski definition) is 3. The molecule has 2 aromatic rings. The number of carboxylic acid groups (broad SMARTS) is 1. The fourth-order valence-corrected chi connectivity index (χ4v) is 2.88. The van der Waals surface area contributed by atoms with Crippen LogP contribution < -0.4 is 10.2 Å². The number of rotatable bonds is 4. The zero-order valence-electron chi connectivity index (χ0n) is 13.4. The molecule has 1 aliphatic heterocycles. The Labute approximate surface area is 140 Å². The lowest BCUT2D eigenvalue weighted by Gasteiger charge is -2.28. The average molecular weight is 324 g/mol. The summed E-state index contributed by atoms with van der Waals surface area (Å²) >= 11 is 0. The molecule has 1 amide bonds. The van der Waals surface area contributed by atoms with Crippen molar-refractivity contribution < 1.29 is 14.7 Å². The second-order valence-corrected chi connectivity index (χ2v) is 5.93. The predicted molar refractivity (Wildman–Crippen MR) is 93.9 cm³/mol. The quantitative estimate of drug-likeness (QED) is 0.901. The number of piperidine rings is 1. The van der Waals surface area contributed by atoms with Crippen LogP contribution >= 0.6 is 0 Å². The minimum atomic E-state index is -0.985. The highest BCUT2D eigenvalue weighted by Gasteiger charge is 2.12. The van der Waals surface area contributed by atoms with Crippen molar-refractivity contribution in [3.8, 4) is 0 Å². The molecule has 5 heteroatoms. The number of hydrogen-bond donors (Lipinski definition) is 2. The Morgan fingerprint density at radius 2 is 1.42 bits per heavy atom. The minimum absolute atomic E-state index is 0.193. The Hall–Kier alpha value is -2.82. The number of nitrogens with zero attached hydrogens (tertiary/aromatic N) is 1. The molecule has 24 heavy (non-hydrogen) atoms. The molecule has 3 rings (SSSR count). The SMILES string of the molecule is O=C(O)c1ccc(NC(=O)c2ccc(N3CCCCC3)cc2)cc1. The first-order valence-corrected chi connectivity index (χ1v) is 8.13. The highest BCUT2D eigenvalue weighted by molar-refractivity contribution is 6.04. The monoisotopic (exact) mass is 324 g/mol. The normalized spacial score (nSPS) is 14.2. The molecule has 0 bridgehead atoms. The molecule has 0 saturated carbocycles. The third-order valence-electron chi connectivity index (χ3n) is 4.24. The van der Waals surface area contributed by atoms with Gasteiger partial charge in [-0.2, -0.15) is 0 Å². The Kier molecular flexibility index (Phi) is 4.79. The van der Waals surface area contributed by atoms with Crippen LogP contribution in [0.25, 0.3) is 0 Å². The largest absolute Gasteiger partial charge is 0.478 e. The van der Waals surface area contributed by atoms with Gasteiger partial charge in [-0.1, -0.05) is 0 Å². The van der Waals surface area contributed by atoms with Gasteiger partial charge in [0.1, 0.15) is 0 Å². The van der Waals surface area contributed by atoms with Crippen LogP contribution in [0.1, 0.15) is 40.0 Å². The Balaban J connectivity index is 1.65. The third-order valence-corrected chi connectivity index (χ3v) is 4.24. The molecule has 2 aromatic carbocycles. The van der Waals surface area contributed by atoms with Gasteiger partial charge in [-0.05, 0) is 67.8 Å². The van der Waals surface area contributed by atoms with Crippen molar-refractivity contribution in [3.63, 3.8) is 0 Å². The second kappa shape index (κ2) is 7.17. The summed E-state index contributed by atoms with van der Waals surface area (Å²) in [4.78, 5) is 25.4. The van der Waals surface area contributed by atoms with Crippen molar-refractivity contribution in [2.24, 2.45) is 0 Å². The first kappa shape index (κ1) is 16.1. The fourth-order valence-electron chi connectivity index (χ4n) is 2.88. The molecule has 0 atom stereocenters. The van der Waals surface area contributed by atoms with Gasteiger partial charge in [0.05, 0.1) is 5.56 Å². The van der Waals surface area contributed by atoms with Crippen LogP contribution in [0.15, 0.2) is 48.5 Å². The number of benzene rings is 2. The summed E-state index contributed by atoms with van der Waals surface area (Å²) in [5.41, 5.74) is 2.50. The molecule has 0 radical (unpaired) electrons. The summed E-state index contributed by atoms with van der Waals surface area (Å²) in [6, 6.07) is 13.7. The number of amides is 1. The molecule has 0 aromatic heterocycles. The number of nitrogens with one attached hydrogen (secondary N) is 1. The standard InChI is InChI=1S/C19H20N2O3/c22-18(20-16-8-4-15(5-9-16)19(23)24)14-6-10-17(11-7-14)21-12-2-1-3-13-21/h4-11H,1-3,12-13H2,(H,20,22)(H,23,24). The van der Waals surface area contributed by atoms with Crippen LogP contribution in [0.4, 0.5) is 11.4 Å². The van der Waals surface area contributed by atoms with E-state index >= 15 is 0 Å². The van der Waals surface area contributed by atoms with Crippen molar-refractivity contribution in [1.82, 2.24) is 0 Å². The van der Waals surface area contributed by atoms with Gasteiger partial charge in [0.15, 0.2) is 0 Å². The van der Waals surface area contributed by atoms with Crippen LogP contribution in [0, 0.1) is 0 Å². The molecule has 1 saturated heterocycles. The number of anilines is 2. The summed E-state index contributed by atoms with van der Waals surface area (Å²) in [7, 11) is 0. The van der Waals surface area contributed by atoms with E-state index in [9.17, 15) is 9.59 Å². The molecule has 5 nitrogen and oxygen atoms in total. The summed E-state index contributed by atoms with van der Waals surface area (Å²) in [5, 5.41) is 11.7. The Morgan fingerprint density at radius 1 is 0.833 bits per heavy atom. The fraction of sp³-hybridized carbons (Fsp3) is 0.263. The average Bonchev–Trinajstić information content (AvgIpc) is 2.63. The zero-order valence-corrected chi connectivity index (χ0v) is 13.4. The van der Waals surface area contributed by atoms with Gasteiger partial charge in [0.2, 0.25) is 0 Å². The van der Waals surface area contributed by atoms with E-state index in [4.69, 9.17) is 5.11 Å². The van der Waals surface area contributed by atoms with Crippen LogP contribution in [0.3, 0.4) is 0 Å². The van der Waals surface area contributed by atoms with Gasteiger partial charge in [-0.15, -0.1) is 0 Å². The van der Waals surface area contributed by atoms with Crippen LogP contribution in [0.2, 0.25) is 0 Å². The van der Waals surface area contributed by atoms with Gasteiger partial charge in [0.25, 0.3) is 5.91 Å². The summed E-state index contributed by atoms with van der Waals surface area (Å²) in [6.45, 7) is 2.14. The molecular formula is C19H20N2O3. The summed E-state index contributed by atoms with van der Waals surface area (Å²) in [6.07, 6.45) is 3.72. The number of aromatic carboxylic acids is 1. The van der Waals surface area contributed by atoms with Crippen molar-refractivity contribution >= 4 is 23.3 Å². The first-order chi connectivity index (χ1) is 11.6. The maximum absolute atomic E-state index is 12.3. The van der Waals surface area contributed by atoms with Crippen LogP contribution in [-0.2, 0) is 0 Å².